The molecule has 34 heavy (non-hydrogen) atoms. The second-order valence-electron chi connectivity index (χ2n) is 9.54. The summed E-state index contributed by atoms with van der Waals surface area (Å²) in [7, 11) is 0. The Bertz CT molecular complexity index is 1220. The highest BCUT2D eigenvalue weighted by molar-refractivity contribution is 7.21. The van der Waals surface area contributed by atoms with E-state index in [1.807, 2.05) is 41.3 Å². The Labute approximate surface area is 203 Å². The fourth-order valence-electron chi connectivity index (χ4n) is 5.54. The monoisotopic (exact) mass is 475 g/mol. The lowest BCUT2D eigenvalue weighted by Crippen LogP contribution is -2.57. The topological polar surface area (TPSA) is 61.9 Å². The number of benzene rings is 2. The van der Waals surface area contributed by atoms with Crippen molar-refractivity contribution in [1.82, 2.24) is 15.1 Å². The Kier molecular flexibility index (Phi) is 5.85. The van der Waals surface area contributed by atoms with Gasteiger partial charge in [0.15, 0.2) is 0 Å². The van der Waals surface area contributed by atoms with Gasteiger partial charge in [0.05, 0.1) is 18.1 Å². The molecule has 176 valence electrons. The van der Waals surface area contributed by atoms with Gasteiger partial charge in [0.25, 0.3) is 11.8 Å². The molecule has 2 amide bonds. The van der Waals surface area contributed by atoms with Crippen LogP contribution in [0.5, 0.6) is 0 Å². The fraction of sp³-hybridized carbons (Fsp3) is 0.407. The van der Waals surface area contributed by atoms with Crippen LogP contribution < -0.4 is 5.32 Å². The third-order valence-electron chi connectivity index (χ3n) is 7.46. The molecule has 4 aliphatic rings. The molecule has 1 N–H and O–H groups in total. The van der Waals surface area contributed by atoms with E-state index < -0.39 is 0 Å². The molecule has 2 aromatic carbocycles. The van der Waals surface area contributed by atoms with E-state index >= 15 is 0 Å². The molecule has 0 spiro atoms. The third kappa shape index (κ3) is 4.13. The molecule has 0 saturated carbocycles. The number of piperidine rings is 3. The van der Waals surface area contributed by atoms with E-state index in [2.05, 4.69) is 22.3 Å². The molecule has 7 rings (SSSR count). The lowest BCUT2D eigenvalue weighted by molar-refractivity contribution is 0.0303. The zero-order valence-corrected chi connectivity index (χ0v) is 20.0. The maximum absolute atomic E-state index is 13.1. The summed E-state index contributed by atoms with van der Waals surface area (Å²) in [6, 6.07) is 16.2. The standard InChI is InChI=1S/C27H29N3O3S/c31-26(28-23-17-29-9-7-18(23)8-10-29)24-16-20-4-2-6-22(25(20)34-24)19-3-1-5-21(15-19)27(32)30-11-13-33-14-12-30/h1-6,15-16,18,23H,7-14,17H2,(H,28,31). The molecular weight excluding hydrogens is 446 g/mol. The summed E-state index contributed by atoms with van der Waals surface area (Å²) in [5.74, 6) is 0.675. The van der Waals surface area contributed by atoms with Crippen LogP contribution in [-0.2, 0) is 4.74 Å². The van der Waals surface area contributed by atoms with Crippen LogP contribution in [0.4, 0.5) is 0 Å². The van der Waals surface area contributed by atoms with Crippen LogP contribution in [0.1, 0.15) is 32.9 Å². The number of ether oxygens (including phenoxy) is 1. The highest BCUT2D eigenvalue weighted by Gasteiger charge is 2.35. The van der Waals surface area contributed by atoms with Gasteiger partial charge in [-0.05, 0) is 66.6 Å². The smallest absolute Gasteiger partial charge is 0.261 e. The molecule has 1 aromatic heterocycles. The van der Waals surface area contributed by atoms with Gasteiger partial charge in [0.2, 0.25) is 0 Å². The minimum atomic E-state index is 0.0298. The SMILES string of the molecule is O=C(NC1CN2CCC1CC2)c1cc2cccc(-c3cccc(C(=O)N4CCOCC4)c3)c2s1. The second-order valence-corrected chi connectivity index (χ2v) is 10.6. The summed E-state index contributed by atoms with van der Waals surface area (Å²) in [6.45, 7) is 5.72. The summed E-state index contributed by atoms with van der Waals surface area (Å²) < 4.78 is 6.46. The summed E-state index contributed by atoms with van der Waals surface area (Å²) in [5, 5.41) is 4.38. The molecule has 6 nitrogen and oxygen atoms in total. The van der Waals surface area contributed by atoms with Crippen molar-refractivity contribution in [2.45, 2.75) is 18.9 Å². The third-order valence-corrected chi connectivity index (χ3v) is 8.64. The first-order valence-electron chi connectivity index (χ1n) is 12.2. The van der Waals surface area contributed by atoms with Crippen molar-refractivity contribution in [3.63, 3.8) is 0 Å². The predicted octanol–water partition coefficient (Wildman–Crippen LogP) is 3.86. The van der Waals surface area contributed by atoms with E-state index in [-0.39, 0.29) is 17.9 Å². The highest BCUT2D eigenvalue weighted by Crippen LogP contribution is 2.36. The van der Waals surface area contributed by atoms with Gasteiger partial charge in [-0.15, -0.1) is 11.3 Å². The molecule has 0 radical (unpaired) electrons. The summed E-state index contributed by atoms with van der Waals surface area (Å²) in [5.41, 5.74) is 2.74. The number of hydrogen-bond acceptors (Lipinski definition) is 5. The first-order chi connectivity index (χ1) is 16.7. The molecule has 4 fully saturated rings. The Balaban J connectivity index is 1.26. The fourth-order valence-corrected chi connectivity index (χ4v) is 6.64. The van der Waals surface area contributed by atoms with Crippen LogP contribution in [0, 0.1) is 5.92 Å². The average Bonchev–Trinajstić information content (AvgIpc) is 3.34. The normalized spacial score (nSPS) is 24.4. The van der Waals surface area contributed by atoms with E-state index in [0.29, 0.717) is 37.8 Å². The number of nitrogens with zero attached hydrogens (tertiary/aromatic N) is 2. The number of fused-ring (bicyclic) bond motifs is 4. The Morgan fingerprint density at radius 3 is 2.53 bits per heavy atom. The number of amides is 2. The van der Waals surface area contributed by atoms with E-state index in [9.17, 15) is 9.59 Å². The van der Waals surface area contributed by atoms with Crippen LogP contribution >= 0.6 is 11.3 Å². The number of nitrogens with one attached hydrogen (secondary N) is 1. The van der Waals surface area contributed by atoms with Gasteiger partial charge in [-0.3, -0.25) is 9.59 Å². The molecule has 0 aliphatic carbocycles. The van der Waals surface area contributed by atoms with Gasteiger partial charge < -0.3 is 19.9 Å². The molecule has 1 atom stereocenters. The van der Waals surface area contributed by atoms with E-state index in [0.717, 1.165) is 45.7 Å². The molecule has 7 heteroatoms. The second kappa shape index (κ2) is 9.13. The number of rotatable bonds is 4. The molecule has 5 heterocycles. The Morgan fingerprint density at radius 2 is 1.76 bits per heavy atom. The maximum Gasteiger partial charge on any atom is 0.261 e. The van der Waals surface area contributed by atoms with Crippen molar-refractivity contribution >= 4 is 33.2 Å². The van der Waals surface area contributed by atoms with Gasteiger partial charge in [-0.25, -0.2) is 0 Å². The number of morpholine rings is 1. The quantitative estimate of drug-likeness (QED) is 0.623. The number of thiophene rings is 1. The van der Waals surface area contributed by atoms with Crippen molar-refractivity contribution in [1.29, 1.82) is 0 Å². The molecule has 1 unspecified atom stereocenters. The summed E-state index contributed by atoms with van der Waals surface area (Å²) in [4.78, 5) is 31.2. The molecule has 4 aliphatic heterocycles. The minimum Gasteiger partial charge on any atom is -0.378 e. The van der Waals surface area contributed by atoms with E-state index in [1.165, 1.54) is 12.8 Å². The van der Waals surface area contributed by atoms with Gasteiger partial charge in [-0.2, -0.15) is 0 Å². The molecule has 4 saturated heterocycles. The number of hydrogen-bond donors (Lipinski definition) is 1. The number of carbonyl (C=O) groups excluding carboxylic acids is 2. The van der Waals surface area contributed by atoms with Gasteiger partial charge in [0.1, 0.15) is 0 Å². The first-order valence-corrected chi connectivity index (χ1v) is 13.0. The highest BCUT2D eigenvalue weighted by atomic mass is 32.1. The van der Waals surface area contributed by atoms with Crippen LogP contribution in [0.3, 0.4) is 0 Å². The summed E-state index contributed by atoms with van der Waals surface area (Å²) in [6.07, 6.45) is 2.36. The van der Waals surface area contributed by atoms with E-state index in [4.69, 9.17) is 4.74 Å². The Hall–Kier alpha value is -2.74. The Morgan fingerprint density at radius 1 is 0.971 bits per heavy atom. The van der Waals surface area contributed by atoms with Crippen molar-refractivity contribution < 1.29 is 14.3 Å². The van der Waals surface area contributed by atoms with Crippen LogP contribution in [0.25, 0.3) is 21.2 Å². The number of carbonyl (C=O) groups is 2. The van der Waals surface area contributed by atoms with Crippen LogP contribution in [0.15, 0.2) is 48.5 Å². The predicted molar refractivity (Wildman–Crippen MR) is 134 cm³/mol. The van der Waals surface area contributed by atoms with Crippen LogP contribution in [0.2, 0.25) is 0 Å². The lowest BCUT2D eigenvalue weighted by atomic mass is 9.84. The zero-order valence-electron chi connectivity index (χ0n) is 19.2. The maximum atomic E-state index is 13.1. The van der Waals surface area contributed by atoms with Gasteiger partial charge in [0, 0.05) is 35.9 Å². The minimum absolute atomic E-state index is 0.0298. The molecular formula is C27H29N3O3S. The van der Waals surface area contributed by atoms with Crippen molar-refractivity contribution in [3.8, 4) is 11.1 Å². The van der Waals surface area contributed by atoms with Gasteiger partial charge in [-0.1, -0.05) is 30.3 Å². The summed E-state index contributed by atoms with van der Waals surface area (Å²) >= 11 is 1.54. The van der Waals surface area contributed by atoms with E-state index in [1.54, 1.807) is 11.3 Å². The zero-order chi connectivity index (χ0) is 23.1. The molecule has 2 bridgehead atoms. The van der Waals surface area contributed by atoms with Gasteiger partial charge >= 0.3 is 0 Å². The average molecular weight is 476 g/mol. The van der Waals surface area contributed by atoms with Crippen molar-refractivity contribution in [2.24, 2.45) is 5.92 Å². The van der Waals surface area contributed by atoms with Crippen LogP contribution in [-0.4, -0.2) is 73.6 Å². The van der Waals surface area contributed by atoms with Crippen molar-refractivity contribution in [3.05, 3.63) is 59.0 Å². The first kappa shape index (κ1) is 21.8. The lowest BCUT2D eigenvalue weighted by Gasteiger charge is -2.44. The van der Waals surface area contributed by atoms with Crippen molar-refractivity contribution in [2.75, 3.05) is 45.9 Å². The molecule has 3 aromatic rings. The largest absolute Gasteiger partial charge is 0.378 e.